The summed E-state index contributed by atoms with van der Waals surface area (Å²) in [6, 6.07) is 5.79. The van der Waals surface area contributed by atoms with Crippen LogP contribution in [0.15, 0.2) is 18.2 Å². The molecule has 1 amide bonds. The number of rotatable bonds is 5. The van der Waals surface area contributed by atoms with Crippen molar-refractivity contribution < 1.29 is 4.79 Å². The Morgan fingerprint density at radius 1 is 1.30 bits per heavy atom. The third-order valence-electron chi connectivity index (χ3n) is 4.47. The Bertz CT molecular complexity index is 685. The monoisotopic (exact) mass is 314 g/mol. The number of H-pyrrole nitrogens is 1. The first-order valence-electron chi connectivity index (χ1n) is 8.56. The van der Waals surface area contributed by atoms with E-state index >= 15 is 0 Å². The van der Waals surface area contributed by atoms with Gasteiger partial charge in [-0.3, -0.25) is 9.69 Å². The van der Waals surface area contributed by atoms with Gasteiger partial charge in [-0.15, -0.1) is 0 Å². The molecule has 1 unspecified atom stereocenters. The van der Waals surface area contributed by atoms with Gasteiger partial charge >= 0.3 is 0 Å². The van der Waals surface area contributed by atoms with Crippen LogP contribution >= 0.6 is 0 Å². The van der Waals surface area contributed by atoms with Crippen LogP contribution in [0.3, 0.4) is 0 Å². The summed E-state index contributed by atoms with van der Waals surface area (Å²) in [5, 5.41) is 3.03. The van der Waals surface area contributed by atoms with E-state index in [1.807, 2.05) is 25.1 Å². The highest BCUT2D eigenvalue weighted by Gasteiger charge is 2.23. The second-order valence-electron chi connectivity index (χ2n) is 6.92. The lowest BCUT2D eigenvalue weighted by atomic mass is 10.1. The fourth-order valence-electron chi connectivity index (χ4n) is 3.17. The second-order valence-corrected chi connectivity index (χ2v) is 6.92. The molecule has 0 spiro atoms. The van der Waals surface area contributed by atoms with Gasteiger partial charge in [-0.05, 0) is 57.0 Å². The van der Waals surface area contributed by atoms with Crippen molar-refractivity contribution in [3.63, 3.8) is 0 Å². The smallest absolute Gasteiger partial charge is 0.241 e. The third-order valence-corrected chi connectivity index (χ3v) is 4.47. The number of imidazole rings is 1. The van der Waals surface area contributed by atoms with Gasteiger partial charge in [0.15, 0.2) is 0 Å². The third kappa shape index (κ3) is 3.72. The Morgan fingerprint density at radius 3 is 2.74 bits per heavy atom. The molecule has 23 heavy (non-hydrogen) atoms. The van der Waals surface area contributed by atoms with Gasteiger partial charge in [0.25, 0.3) is 0 Å². The number of carbonyl (C=O) groups is 1. The number of carbonyl (C=O) groups excluding carboxylic acids is 1. The summed E-state index contributed by atoms with van der Waals surface area (Å²) in [5.41, 5.74) is 2.76. The average molecular weight is 314 g/mol. The summed E-state index contributed by atoms with van der Waals surface area (Å²) in [7, 11) is 0. The number of hydrogen-bond acceptors (Lipinski definition) is 3. The molecule has 1 fully saturated rings. The van der Waals surface area contributed by atoms with Crippen LogP contribution in [-0.4, -0.2) is 39.9 Å². The number of fused-ring (bicyclic) bond motifs is 1. The van der Waals surface area contributed by atoms with E-state index < -0.39 is 0 Å². The number of benzene rings is 1. The minimum Gasteiger partial charge on any atom is -0.342 e. The van der Waals surface area contributed by atoms with E-state index in [-0.39, 0.29) is 11.9 Å². The molecule has 1 atom stereocenters. The number of likely N-dealkylation sites (tertiary alicyclic amines) is 1. The van der Waals surface area contributed by atoms with Crippen LogP contribution in [-0.2, 0) is 11.2 Å². The van der Waals surface area contributed by atoms with E-state index in [0.717, 1.165) is 42.1 Å². The molecule has 124 valence electrons. The molecule has 5 heteroatoms. The van der Waals surface area contributed by atoms with E-state index in [2.05, 4.69) is 34.0 Å². The predicted molar refractivity (Wildman–Crippen MR) is 93.5 cm³/mol. The number of aromatic amines is 1. The highest BCUT2D eigenvalue weighted by atomic mass is 16.2. The number of nitrogens with one attached hydrogen (secondary N) is 2. The van der Waals surface area contributed by atoms with Crippen LogP contribution < -0.4 is 5.32 Å². The normalized spacial score (nSPS) is 17.0. The Kier molecular flexibility index (Phi) is 4.66. The molecule has 1 aromatic carbocycles. The topological polar surface area (TPSA) is 61.0 Å². The zero-order chi connectivity index (χ0) is 16.4. The van der Waals surface area contributed by atoms with Crippen molar-refractivity contribution in [3.8, 4) is 0 Å². The Morgan fingerprint density at radius 2 is 2.04 bits per heavy atom. The molecule has 1 aliphatic rings. The van der Waals surface area contributed by atoms with Crippen molar-refractivity contribution >= 4 is 22.6 Å². The van der Waals surface area contributed by atoms with Gasteiger partial charge in [0, 0.05) is 12.1 Å². The first-order valence-corrected chi connectivity index (χ1v) is 8.56. The standard InChI is InChI=1S/C18H26N4O/c1-12(2)10-17-20-15-7-6-14(11-16(15)21-17)19-18(23)13(3)22-8-4-5-9-22/h6-7,11-13H,4-5,8-10H2,1-3H3,(H,19,23)(H,20,21). The van der Waals surface area contributed by atoms with Gasteiger partial charge in [0.05, 0.1) is 17.1 Å². The summed E-state index contributed by atoms with van der Waals surface area (Å²) in [5.74, 6) is 1.63. The Hall–Kier alpha value is -1.88. The van der Waals surface area contributed by atoms with Crippen LogP contribution in [0.25, 0.3) is 11.0 Å². The van der Waals surface area contributed by atoms with E-state index in [1.54, 1.807) is 0 Å². The molecule has 5 nitrogen and oxygen atoms in total. The summed E-state index contributed by atoms with van der Waals surface area (Å²) in [4.78, 5) is 22.6. The Balaban J connectivity index is 1.71. The molecule has 2 heterocycles. The maximum Gasteiger partial charge on any atom is 0.241 e. The van der Waals surface area contributed by atoms with Crippen molar-refractivity contribution in [2.45, 2.75) is 46.1 Å². The summed E-state index contributed by atoms with van der Waals surface area (Å²) in [6.45, 7) is 8.38. The lowest BCUT2D eigenvalue weighted by Gasteiger charge is -2.22. The van der Waals surface area contributed by atoms with Gasteiger partial charge in [0.2, 0.25) is 5.91 Å². The van der Waals surface area contributed by atoms with Crippen molar-refractivity contribution in [3.05, 3.63) is 24.0 Å². The molecule has 1 saturated heterocycles. The lowest BCUT2D eigenvalue weighted by Crippen LogP contribution is -2.40. The number of hydrogen-bond donors (Lipinski definition) is 2. The van der Waals surface area contributed by atoms with E-state index in [0.29, 0.717) is 5.92 Å². The molecule has 1 aliphatic heterocycles. The van der Waals surface area contributed by atoms with Gasteiger partial charge in [0.1, 0.15) is 5.82 Å². The molecular weight excluding hydrogens is 288 g/mol. The highest BCUT2D eigenvalue weighted by Crippen LogP contribution is 2.19. The second kappa shape index (κ2) is 6.71. The van der Waals surface area contributed by atoms with Crippen LogP contribution in [0, 0.1) is 5.92 Å². The fourth-order valence-corrected chi connectivity index (χ4v) is 3.17. The van der Waals surface area contributed by atoms with E-state index in [1.165, 1.54) is 12.8 Å². The van der Waals surface area contributed by atoms with Gasteiger partial charge < -0.3 is 10.3 Å². The van der Waals surface area contributed by atoms with Crippen LogP contribution in [0.2, 0.25) is 0 Å². The highest BCUT2D eigenvalue weighted by molar-refractivity contribution is 5.96. The van der Waals surface area contributed by atoms with E-state index in [9.17, 15) is 4.79 Å². The van der Waals surface area contributed by atoms with Crippen molar-refractivity contribution in [2.24, 2.45) is 5.92 Å². The fraction of sp³-hybridized carbons (Fsp3) is 0.556. The molecule has 0 radical (unpaired) electrons. The zero-order valence-electron chi connectivity index (χ0n) is 14.2. The maximum absolute atomic E-state index is 12.4. The number of aromatic nitrogens is 2. The Labute approximate surface area is 137 Å². The first kappa shape index (κ1) is 16.0. The molecule has 2 N–H and O–H groups in total. The predicted octanol–water partition coefficient (Wildman–Crippen LogP) is 3.18. The molecule has 0 bridgehead atoms. The number of anilines is 1. The molecule has 0 saturated carbocycles. The van der Waals surface area contributed by atoms with Gasteiger partial charge in [-0.25, -0.2) is 4.98 Å². The largest absolute Gasteiger partial charge is 0.342 e. The minimum atomic E-state index is -0.0773. The van der Waals surface area contributed by atoms with Crippen LogP contribution in [0.1, 0.15) is 39.4 Å². The van der Waals surface area contributed by atoms with Crippen LogP contribution in [0.5, 0.6) is 0 Å². The summed E-state index contributed by atoms with van der Waals surface area (Å²) in [6.07, 6.45) is 3.31. The lowest BCUT2D eigenvalue weighted by molar-refractivity contribution is -0.120. The molecular formula is C18H26N4O. The molecule has 0 aliphatic carbocycles. The van der Waals surface area contributed by atoms with E-state index in [4.69, 9.17) is 0 Å². The van der Waals surface area contributed by atoms with Gasteiger partial charge in [-0.2, -0.15) is 0 Å². The summed E-state index contributed by atoms with van der Waals surface area (Å²) >= 11 is 0. The van der Waals surface area contributed by atoms with Gasteiger partial charge in [-0.1, -0.05) is 13.8 Å². The molecule has 2 aromatic rings. The number of nitrogens with zero attached hydrogens (tertiary/aromatic N) is 2. The molecule has 3 rings (SSSR count). The zero-order valence-corrected chi connectivity index (χ0v) is 14.2. The SMILES string of the molecule is CC(C)Cc1nc2ccc(NC(=O)C(C)N3CCCC3)cc2[nH]1. The quantitative estimate of drug-likeness (QED) is 0.891. The molecule has 1 aromatic heterocycles. The number of amides is 1. The van der Waals surface area contributed by atoms with Crippen molar-refractivity contribution in [1.82, 2.24) is 14.9 Å². The minimum absolute atomic E-state index is 0.0631. The maximum atomic E-state index is 12.4. The van der Waals surface area contributed by atoms with Crippen LogP contribution in [0.4, 0.5) is 5.69 Å². The average Bonchev–Trinajstić information content (AvgIpc) is 3.13. The van der Waals surface area contributed by atoms with Crippen molar-refractivity contribution in [1.29, 1.82) is 0 Å². The van der Waals surface area contributed by atoms with Crippen molar-refractivity contribution in [2.75, 3.05) is 18.4 Å². The summed E-state index contributed by atoms with van der Waals surface area (Å²) < 4.78 is 0. The first-order chi connectivity index (χ1) is 11.0.